The minimum atomic E-state index is -0.911. The number of hydrogen-bond acceptors (Lipinski definition) is 5. The topological polar surface area (TPSA) is 77.1 Å². The zero-order valence-electron chi connectivity index (χ0n) is 25.5. The van der Waals surface area contributed by atoms with Gasteiger partial charge in [0.2, 0.25) is 11.8 Å². The van der Waals surface area contributed by atoms with E-state index in [9.17, 15) is 9.59 Å². The molecule has 3 aromatic carbocycles. The van der Waals surface area contributed by atoms with E-state index >= 15 is 0 Å². The van der Waals surface area contributed by atoms with E-state index in [0.29, 0.717) is 19.6 Å². The van der Waals surface area contributed by atoms with Crippen LogP contribution in [0.3, 0.4) is 0 Å². The molecule has 1 heterocycles. The Morgan fingerprint density at radius 1 is 0.791 bits per heavy atom. The zero-order valence-corrected chi connectivity index (χ0v) is 25.5. The molecule has 3 aromatic rings. The van der Waals surface area contributed by atoms with Crippen LogP contribution in [-0.2, 0) is 43.6 Å². The third-order valence-electron chi connectivity index (χ3n) is 7.26. The van der Waals surface area contributed by atoms with Crippen LogP contribution in [0.2, 0.25) is 0 Å². The van der Waals surface area contributed by atoms with Crippen molar-refractivity contribution in [3.63, 3.8) is 0 Å². The number of amides is 2. The van der Waals surface area contributed by atoms with E-state index in [1.165, 1.54) is 0 Å². The van der Waals surface area contributed by atoms with Crippen LogP contribution in [0.15, 0.2) is 104 Å². The van der Waals surface area contributed by atoms with Crippen molar-refractivity contribution in [2.45, 2.75) is 83.3 Å². The summed E-state index contributed by atoms with van der Waals surface area (Å²) in [5.41, 5.74) is 2.46. The fourth-order valence-corrected chi connectivity index (χ4v) is 5.31. The molecule has 0 spiro atoms. The Morgan fingerprint density at radius 2 is 1.28 bits per heavy atom. The lowest BCUT2D eigenvalue weighted by atomic mass is 10.0. The molecule has 1 aliphatic heterocycles. The molecule has 4 atom stereocenters. The summed E-state index contributed by atoms with van der Waals surface area (Å²) in [6.07, 6.45) is 1.07. The number of allylic oxidation sites excluding steroid dienone is 1. The van der Waals surface area contributed by atoms with Gasteiger partial charge in [0.05, 0.1) is 32.5 Å². The highest BCUT2D eigenvalue weighted by Crippen LogP contribution is 2.33. The number of carbonyl (C=O) groups excluding carboxylic acids is 2. The lowest BCUT2D eigenvalue weighted by molar-refractivity contribution is -0.145. The Labute approximate surface area is 255 Å². The Morgan fingerprint density at radius 3 is 1.77 bits per heavy atom. The number of rotatable bonds is 14. The van der Waals surface area contributed by atoms with Gasteiger partial charge in [0.15, 0.2) is 0 Å². The first-order valence-corrected chi connectivity index (χ1v) is 14.9. The van der Waals surface area contributed by atoms with Gasteiger partial charge < -0.3 is 24.4 Å². The van der Waals surface area contributed by atoms with E-state index in [1.54, 1.807) is 11.0 Å². The summed E-state index contributed by atoms with van der Waals surface area (Å²) in [7, 11) is 0. The molecule has 43 heavy (non-hydrogen) atoms. The third kappa shape index (κ3) is 9.35. The minimum Gasteiger partial charge on any atom is -0.375 e. The summed E-state index contributed by atoms with van der Waals surface area (Å²) < 4.78 is 19.4. The molecule has 228 valence electrons. The highest BCUT2D eigenvalue weighted by molar-refractivity contribution is 5.90. The molecule has 0 aliphatic carbocycles. The predicted octanol–water partition coefficient (Wildman–Crippen LogP) is 5.83. The Balaban J connectivity index is 1.70. The lowest BCUT2D eigenvalue weighted by Gasteiger charge is -2.32. The van der Waals surface area contributed by atoms with Crippen LogP contribution in [-0.4, -0.2) is 53.2 Å². The van der Waals surface area contributed by atoms with Crippen molar-refractivity contribution in [1.29, 1.82) is 0 Å². The molecule has 0 bridgehead atoms. The second-order valence-corrected chi connectivity index (χ2v) is 11.9. The summed E-state index contributed by atoms with van der Waals surface area (Å²) in [5.74, 6) is -0.447. The van der Waals surface area contributed by atoms with E-state index < -0.39 is 29.8 Å². The number of nitrogens with one attached hydrogen (secondary N) is 1. The van der Waals surface area contributed by atoms with Crippen molar-refractivity contribution < 1.29 is 23.8 Å². The maximum Gasteiger partial charge on any atom is 0.246 e. The summed E-state index contributed by atoms with van der Waals surface area (Å²) in [6, 6.07) is 28.1. The summed E-state index contributed by atoms with van der Waals surface area (Å²) >= 11 is 0. The first-order valence-electron chi connectivity index (χ1n) is 14.9. The highest BCUT2D eigenvalue weighted by atomic mass is 16.5. The van der Waals surface area contributed by atoms with Gasteiger partial charge in [-0.2, -0.15) is 0 Å². The molecular formula is C36H44N2O5. The van der Waals surface area contributed by atoms with Crippen LogP contribution in [0.5, 0.6) is 0 Å². The second-order valence-electron chi connectivity index (χ2n) is 11.9. The van der Waals surface area contributed by atoms with E-state index in [4.69, 9.17) is 14.2 Å². The van der Waals surface area contributed by atoms with Crippen LogP contribution in [0, 0.1) is 0 Å². The number of hydrogen-bond donors (Lipinski definition) is 1. The fourth-order valence-electron chi connectivity index (χ4n) is 5.31. The van der Waals surface area contributed by atoms with Crippen LogP contribution >= 0.6 is 0 Å². The molecule has 1 aliphatic rings. The SMILES string of the molecule is C=CCCC(=O)N1[C@H](COCc2ccccc2)[C@@H](OCc2ccccc2)[C@@H](OCc2ccccc2)[C@H]1C(=O)NC(C)(C)C. The molecule has 1 N–H and O–H groups in total. The lowest BCUT2D eigenvalue weighted by Crippen LogP contribution is -2.56. The fraction of sp³-hybridized carbons (Fsp3) is 0.389. The van der Waals surface area contributed by atoms with Gasteiger partial charge in [0.1, 0.15) is 18.2 Å². The standard InChI is InChI=1S/C36H44N2O5/c1-5-6-22-31(39)38-30(26-41-23-27-16-10-7-11-17-27)33(42-24-28-18-12-8-13-19-28)34(32(38)35(40)37-36(2,3)4)43-25-29-20-14-9-15-21-29/h5,7-21,30,32-34H,1,6,22-26H2,2-4H3,(H,37,40)/t30-,32+,33-,34+/m1/s1. The molecule has 1 fully saturated rings. The van der Waals surface area contributed by atoms with Gasteiger partial charge in [-0.05, 0) is 43.9 Å². The van der Waals surface area contributed by atoms with Gasteiger partial charge in [-0.3, -0.25) is 9.59 Å². The smallest absolute Gasteiger partial charge is 0.246 e. The molecule has 7 nitrogen and oxygen atoms in total. The molecule has 0 aromatic heterocycles. The Kier molecular flexibility index (Phi) is 11.7. The Bertz CT molecular complexity index is 1290. The van der Waals surface area contributed by atoms with Crippen molar-refractivity contribution in [1.82, 2.24) is 10.2 Å². The van der Waals surface area contributed by atoms with Gasteiger partial charge in [0.25, 0.3) is 0 Å². The highest BCUT2D eigenvalue weighted by Gasteiger charge is 2.55. The number of ether oxygens (including phenoxy) is 3. The largest absolute Gasteiger partial charge is 0.375 e. The van der Waals surface area contributed by atoms with Crippen LogP contribution < -0.4 is 5.32 Å². The second kappa shape index (κ2) is 15.6. The third-order valence-corrected chi connectivity index (χ3v) is 7.26. The molecule has 4 rings (SSSR count). The van der Waals surface area contributed by atoms with Crippen LogP contribution in [0.25, 0.3) is 0 Å². The van der Waals surface area contributed by atoms with Gasteiger partial charge >= 0.3 is 0 Å². The van der Waals surface area contributed by atoms with Crippen LogP contribution in [0.1, 0.15) is 50.3 Å². The maximum absolute atomic E-state index is 14.0. The van der Waals surface area contributed by atoms with E-state index in [-0.39, 0.29) is 31.4 Å². The first kappa shape index (κ1) is 32.1. The number of benzene rings is 3. The monoisotopic (exact) mass is 584 g/mol. The first-order chi connectivity index (χ1) is 20.8. The average Bonchev–Trinajstić information content (AvgIpc) is 3.31. The molecule has 0 unspecified atom stereocenters. The van der Waals surface area contributed by atoms with Crippen molar-refractivity contribution in [2.24, 2.45) is 0 Å². The molecule has 2 amide bonds. The van der Waals surface area contributed by atoms with Crippen molar-refractivity contribution in [3.05, 3.63) is 120 Å². The van der Waals surface area contributed by atoms with Gasteiger partial charge in [0, 0.05) is 12.0 Å². The maximum atomic E-state index is 14.0. The molecule has 1 saturated heterocycles. The molecule has 7 heteroatoms. The molecule has 0 saturated carbocycles. The molecular weight excluding hydrogens is 540 g/mol. The summed E-state index contributed by atoms with van der Waals surface area (Å²) in [6.45, 7) is 10.7. The van der Waals surface area contributed by atoms with Crippen molar-refractivity contribution in [3.8, 4) is 0 Å². The summed E-state index contributed by atoms with van der Waals surface area (Å²) in [4.78, 5) is 29.6. The number of likely N-dealkylation sites (tertiary alicyclic amines) is 1. The average molecular weight is 585 g/mol. The number of nitrogens with zero attached hydrogens (tertiary/aromatic N) is 1. The van der Waals surface area contributed by atoms with Crippen LogP contribution in [0.4, 0.5) is 0 Å². The van der Waals surface area contributed by atoms with E-state index in [2.05, 4.69) is 11.9 Å². The van der Waals surface area contributed by atoms with E-state index in [1.807, 2.05) is 112 Å². The normalized spacial score (nSPS) is 20.1. The van der Waals surface area contributed by atoms with E-state index in [0.717, 1.165) is 16.7 Å². The minimum absolute atomic E-state index is 0.165. The van der Waals surface area contributed by atoms with Gasteiger partial charge in [-0.25, -0.2) is 0 Å². The quantitative estimate of drug-likeness (QED) is 0.241. The van der Waals surface area contributed by atoms with Gasteiger partial charge in [-0.1, -0.05) is 97.1 Å². The number of carbonyl (C=O) groups is 2. The summed E-state index contributed by atoms with van der Waals surface area (Å²) in [5, 5.41) is 3.10. The van der Waals surface area contributed by atoms with Gasteiger partial charge in [-0.15, -0.1) is 6.58 Å². The Hall–Kier alpha value is -3.78. The van der Waals surface area contributed by atoms with Crippen molar-refractivity contribution >= 4 is 11.8 Å². The van der Waals surface area contributed by atoms with Crippen molar-refractivity contribution in [2.75, 3.05) is 6.61 Å². The predicted molar refractivity (Wildman–Crippen MR) is 168 cm³/mol. The zero-order chi connectivity index (χ0) is 30.7. The molecule has 0 radical (unpaired) electrons.